The van der Waals surface area contributed by atoms with Gasteiger partial charge in [0, 0.05) is 8.45 Å². The van der Waals surface area contributed by atoms with Gasteiger partial charge in [0.1, 0.15) is 11.4 Å². The molecular weight excluding hydrogens is 461 g/mol. The van der Waals surface area contributed by atoms with Crippen LogP contribution in [0.4, 0.5) is 5.69 Å². The molecule has 1 aliphatic rings. The lowest BCUT2D eigenvalue weighted by Crippen LogP contribution is -2.28. The number of carbonyl (C=O) groups is 1. The van der Waals surface area contributed by atoms with E-state index in [0.717, 1.165) is 38.9 Å². The molecule has 1 aliphatic carbocycles. The average molecular weight is 479 g/mol. The molecule has 1 atom stereocenters. The molecule has 5 nitrogen and oxygen atoms in total. The third-order valence-corrected chi connectivity index (χ3v) is 6.85. The Labute approximate surface area is 168 Å². The number of aryl methyl sites for hydroxylation is 1. The van der Waals surface area contributed by atoms with Gasteiger partial charge in [-0.3, -0.25) is 14.2 Å². The number of amides is 1. The number of rotatable bonds is 3. The van der Waals surface area contributed by atoms with Crippen molar-refractivity contribution in [2.45, 2.75) is 32.7 Å². The van der Waals surface area contributed by atoms with E-state index in [1.165, 1.54) is 15.8 Å². The fourth-order valence-corrected chi connectivity index (χ4v) is 5.25. The number of hydrogen-bond acceptors (Lipinski definition) is 4. The van der Waals surface area contributed by atoms with Crippen LogP contribution in [0.25, 0.3) is 10.2 Å². The zero-order chi connectivity index (χ0) is 18.3. The normalized spacial score (nSPS) is 16.5. The first-order chi connectivity index (χ1) is 12.5. The standard InChI is InChI=1S/C19H18IN3O2S/c1-11-6-7-12-15(8-11)26-18-17(12)19(25)23(10-21-18)9-16(24)22-14-5-3-2-4-13(14)20/h2-5,10-11H,6-9H2,1H3,(H,22,24). The number of thiophene rings is 1. The van der Waals surface area contributed by atoms with E-state index in [9.17, 15) is 9.59 Å². The topological polar surface area (TPSA) is 64.0 Å². The van der Waals surface area contributed by atoms with Gasteiger partial charge in [-0.1, -0.05) is 19.1 Å². The molecule has 2 heterocycles. The van der Waals surface area contributed by atoms with Crippen molar-refractivity contribution in [3.05, 3.63) is 55.0 Å². The lowest BCUT2D eigenvalue weighted by atomic mass is 9.89. The zero-order valence-electron chi connectivity index (χ0n) is 14.3. The number of fused-ring (bicyclic) bond motifs is 3. The van der Waals surface area contributed by atoms with Crippen LogP contribution >= 0.6 is 33.9 Å². The van der Waals surface area contributed by atoms with Crippen LogP contribution in [-0.4, -0.2) is 15.5 Å². The number of aromatic nitrogens is 2. The summed E-state index contributed by atoms with van der Waals surface area (Å²) in [7, 11) is 0. The Kier molecular flexibility index (Phi) is 4.83. The van der Waals surface area contributed by atoms with Crippen LogP contribution in [0, 0.1) is 9.49 Å². The third-order valence-electron chi connectivity index (χ3n) is 4.74. The molecule has 26 heavy (non-hydrogen) atoms. The smallest absolute Gasteiger partial charge is 0.262 e. The van der Waals surface area contributed by atoms with E-state index < -0.39 is 0 Å². The van der Waals surface area contributed by atoms with Crippen molar-refractivity contribution in [2.75, 3.05) is 5.32 Å². The fourth-order valence-electron chi connectivity index (χ4n) is 3.39. The number of hydrogen-bond donors (Lipinski definition) is 1. The predicted molar refractivity (Wildman–Crippen MR) is 113 cm³/mol. The Balaban J connectivity index is 1.63. The second kappa shape index (κ2) is 7.11. The maximum atomic E-state index is 12.9. The van der Waals surface area contributed by atoms with Crippen LogP contribution < -0.4 is 10.9 Å². The van der Waals surface area contributed by atoms with Crippen molar-refractivity contribution in [1.82, 2.24) is 9.55 Å². The summed E-state index contributed by atoms with van der Waals surface area (Å²) in [5.41, 5.74) is 1.79. The van der Waals surface area contributed by atoms with Gasteiger partial charge >= 0.3 is 0 Å². The molecule has 1 unspecified atom stereocenters. The maximum Gasteiger partial charge on any atom is 0.262 e. The monoisotopic (exact) mass is 479 g/mol. The first-order valence-corrected chi connectivity index (χ1v) is 10.5. The number of anilines is 1. The first-order valence-electron chi connectivity index (χ1n) is 8.57. The lowest BCUT2D eigenvalue weighted by molar-refractivity contribution is -0.116. The zero-order valence-corrected chi connectivity index (χ0v) is 17.3. The summed E-state index contributed by atoms with van der Waals surface area (Å²) in [4.78, 5) is 31.9. The molecule has 1 N–H and O–H groups in total. The molecule has 134 valence electrons. The summed E-state index contributed by atoms with van der Waals surface area (Å²) in [6, 6.07) is 7.56. The average Bonchev–Trinajstić information content (AvgIpc) is 2.97. The predicted octanol–water partition coefficient (Wildman–Crippen LogP) is 3.83. The molecule has 0 saturated heterocycles. The second-order valence-corrected chi connectivity index (χ2v) is 8.98. The number of carbonyl (C=O) groups excluding carboxylic acids is 1. The highest BCUT2D eigenvalue weighted by molar-refractivity contribution is 14.1. The van der Waals surface area contributed by atoms with E-state index in [1.807, 2.05) is 24.3 Å². The van der Waals surface area contributed by atoms with Crippen LogP contribution in [0.5, 0.6) is 0 Å². The fraction of sp³-hybridized carbons (Fsp3) is 0.316. The lowest BCUT2D eigenvalue weighted by Gasteiger charge is -2.17. The minimum absolute atomic E-state index is 0.0340. The minimum Gasteiger partial charge on any atom is -0.324 e. The SMILES string of the molecule is CC1CCc2c(sc3ncn(CC(=O)Nc4ccccc4I)c(=O)c23)C1. The molecule has 0 radical (unpaired) electrons. The van der Waals surface area contributed by atoms with Crippen molar-refractivity contribution < 1.29 is 4.79 Å². The van der Waals surface area contributed by atoms with E-state index in [2.05, 4.69) is 39.8 Å². The molecule has 0 aliphatic heterocycles. The molecular formula is C19H18IN3O2S. The van der Waals surface area contributed by atoms with Gasteiger partial charge in [-0.2, -0.15) is 0 Å². The van der Waals surface area contributed by atoms with Gasteiger partial charge in [0.05, 0.1) is 17.4 Å². The highest BCUT2D eigenvalue weighted by Crippen LogP contribution is 2.35. The third kappa shape index (κ3) is 3.29. The van der Waals surface area contributed by atoms with Crippen LogP contribution in [0.1, 0.15) is 23.8 Å². The minimum atomic E-state index is -0.227. The van der Waals surface area contributed by atoms with Crippen molar-refractivity contribution in [3.63, 3.8) is 0 Å². The number of nitrogens with zero attached hydrogens (tertiary/aromatic N) is 2. The summed E-state index contributed by atoms with van der Waals surface area (Å²) in [6.45, 7) is 2.21. The quantitative estimate of drug-likeness (QED) is 0.581. The van der Waals surface area contributed by atoms with Crippen molar-refractivity contribution in [2.24, 2.45) is 5.92 Å². The van der Waals surface area contributed by atoms with Gasteiger partial charge in [-0.25, -0.2) is 4.98 Å². The van der Waals surface area contributed by atoms with Gasteiger partial charge < -0.3 is 5.32 Å². The molecule has 7 heteroatoms. The van der Waals surface area contributed by atoms with Gasteiger partial charge in [0.2, 0.25) is 5.91 Å². The van der Waals surface area contributed by atoms with Crippen molar-refractivity contribution >= 4 is 55.7 Å². The highest BCUT2D eigenvalue weighted by atomic mass is 127. The van der Waals surface area contributed by atoms with Crippen LogP contribution in [-0.2, 0) is 24.2 Å². The van der Waals surface area contributed by atoms with Crippen molar-refractivity contribution in [1.29, 1.82) is 0 Å². The number of nitrogens with one attached hydrogen (secondary N) is 1. The molecule has 4 rings (SSSR count). The summed E-state index contributed by atoms with van der Waals surface area (Å²) in [5, 5.41) is 3.57. The number of para-hydroxylation sites is 1. The van der Waals surface area contributed by atoms with E-state index in [0.29, 0.717) is 11.3 Å². The molecule has 3 aromatic rings. The maximum absolute atomic E-state index is 12.9. The number of halogens is 1. The van der Waals surface area contributed by atoms with E-state index >= 15 is 0 Å². The second-order valence-electron chi connectivity index (χ2n) is 6.74. The summed E-state index contributed by atoms with van der Waals surface area (Å²) in [5.74, 6) is 0.423. The van der Waals surface area contributed by atoms with Crippen LogP contribution in [0.3, 0.4) is 0 Å². The van der Waals surface area contributed by atoms with E-state index in [1.54, 1.807) is 11.3 Å². The molecule has 0 spiro atoms. The molecule has 1 aromatic carbocycles. The van der Waals surface area contributed by atoms with E-state index in [-0.39, 0.29) is 18.0 Å². The largest absolute Gasteiger partial charge is 0.324 e. The molecule has 2 aromatic heterocycles. The Hall–Kier alpha value is -1.74. The van der Waals surface area contributed by atoms with Crippen LogP contribution in [0.2, 0.25) is 0 Å². The Morgan fingerprint density at radius 1 is 1.42 bits per heavy atom. The Morgan fingerprint density at radius 2 is 2.23 bits per heavy atom. The van der Waals surface area contributed by atoms with Gasteiger partial charge in [-0.15, -0.1) is 11.3 Å². The summed E-state index contributed by atoms with van der Waals surface area (Å²) in [6.07, 6.45) is 4.53. The Morgan fingerprint density at radius 3 is 3.04 bits per heavy atom. The summed E-state index contributed by atoms with van der Waals surface area (Å²) < 4.78 is 2.37. The van der Waals surface area contributed by atoms with Gasteiger partial charge in [0.25, 0.3) is 5.56 Å². The molecule has 0 bridgehead atoms. The first kappa shape index (κ1) is 17.7. The Bertz CT molecular complexity index is 1060. The number of benzene rings is 1. The van der Waals surface area contributed by atoms with E-state index in [4.69, 9.17) is 0 Å². The molecule has 0 saturated carbocycles. The van der Waals surface area contributed by atoms with Crippen molar-refractivity contribution in [3.8, 4) is 0 Å². The highest BCUT2D eigenvalue weighted by Gasteiger charge is 2.23. The molecule has 0 fully saturated rings. The van der Waals surface area contributed by atoms with Gasteiger partial charge in [0.15, 0.2) is 0 Å². The van der Waals surface area contributed by atoms with Crippen LogP contribution in [0.15, 0.2) is 35.4 Å². The van der Waals surface area contributed by atoms with Gasteiger partial charge in [-0.05, 0) is 65.5 Å². The summed E-state index contributed by atoms with van der Waals surface area (Å²) >= 11 is 3.80. The molecule has 1 amide bonds.